The third-order valence-electron chi connectivity index (χ3n) is 4.46. The zero-order valence-electron chi connectivity index (χ0n) is 11.1. The van der Waals surface area contributed by atoms with Gasteiger partial charge in [0.05, 0.1) is 17.4 Å². The van der Waals surface area contributed by atoms with Crippen LogP contribution in [0.4, 0.5) is 0 Å². The highest BCUT2D eigenvalue weighted by Gasteiger charge is 2.50. The van der Waals surface area contributed by atoms with E-state index in [1.54, 1.807) is 18.9 Å². The van der Waals surface area contributed by atoms with Crippen molar-refractivity contribution in [2.45, 2.75) is 32.6 Å². The number of hydrogen-bond donors (Lipinski definition) is 1. The molecule has 1 saturated carbocycles. The molecule has 102 valence electrons. The largest absolute Gasteiger partial charge is 0.481 e. The zero-order valence-corrected chi connectivity index (χ0v) is 11.1. The molecule has 0 spiro atoms. The van der Waals surface area contributed by atoms with Crippen LogP contribution in [0.5, 0.6) is 0 Å². The second kappa shape index (κ2) is 4.53. The number of aliphatic carboxylic acids is 1. The summed E-state index contributed by atoms with van der Waals surface area (Å²) < 4.78 is 5.17. The summed E-state index contributed by atoms with van der Waals surface area (Å²) >= 11 is 0. The summed E-state index contributed by atoms with van der Waals surface area (Å²) in [5.74, 6) is -0.729. The molecule has 1 unspecified atom stereocenters. The van der Waals surface area contributed by atoms with Crippen LogP contribution in [0.15, 0.2) is 0 Å². The molecule has 5 nitrogen and oxygen atoms in total. The summed E-state index contributed by atoms with van der Waals surface area (Å²) in [7, 11) is 1.61. The normalized spacial score (nSPS) is 30.0. The van der Waals surface area contributed by atoms with Gasteiger partial charge in [-0.05, 0) is 26.2 Å². The van der Waals surface area contributed by atoms with Crippen LogP contribution in [0.3, 0.4) is 0 Å². The fourth-order valence-corrected chi connectivity index (χ4v) is 2.94. The van der Waals surface area contributed by atoms with E-state index in [1.165, 1.54) is 0 Å². The number of amides is 1. The molecular weight excluding hydrogens is 234 g/mol. The van der Waals surface area contributed by atoms with Crippen molar-refractivity contribution < 1.29 is 19.4 Å². The minimum Gasteiger partial charge on any atom is -0.481 e. The van der Waals surface area contributed by atoms with Gasteiger partial charge >= 0.3 is 5.97 Å². The summed E-state index contributed by atoms with van der Waals surface area (Å²) in [6, 6.07) is 0. The van der Waals surface area contributed by atoms with E-state index in [0.29, 0.717) is 26.1 Å². The first-order chi connectivity index (χ1) is 8.43. The lowest BCUT2D eigenvalue weighted by atomic mass is 9.68. The van der Waals surface area contributed by atoms with E-state index >= 15 is 0 Å². The van der Waals surface area contributed by atoms with E-state index in [-0.39, 0.29) is 11.3 Å². The number of ether oxygens (including phenoxy) is 1. The lowest BCUT2D eigenvalue weighted by Crippen LogP contribution is -2.50. The van der Waals surface area contributed by atoms with Crippen molar-refractivity contribution in [3.05, 3.63) is 0 Å². The van der Waals surface area contributed by atoms with Gasteiger partial charge in [-0.1, -0.05) is 6.42 Å². The average molecular weight is 255 g/mol. The molecule has 1 N–H and O–H groups in total. The summed E-state index contributed by atoms with van der Waals surface area (Å²) in [4.78, 5) is 25.4. The Morgan fingerprint density at radius 2 is 2.00 bits per heavy atom. The Morgan fingerprint density at radius 1 is 1.33 bits per heavy atom. The van der Waals surface area contributed by atoms with Crippen molar-refractivity contribution in [2.75, 3.05) is 26.8 Å². The predicted octanol–water partition coefficient (Wildman–Crippen LogP) is 1.13. The Balaban J connectivity index is 2.05. The number of carboxylic acids is 1. The van der Waals surface area contributed by atoms with Gasteiger partial charge in [-0.3, -0.25) is 9.59 Å². The second-order valence-electron chi connectivity index (χ2n) is 5.91. The molecule has 1 aliphatic heterocycles. The molecular formula is C13H21NO4. The van der Waals surface area contributed by atoms with Crippen LogP contribution in [-0.4, -0.2) is 48.7 Å². The molecule has 0 aromatic heterocycles. The van der Waals surface area contributed by atoms with Crippen molar-refractivity contribution in [3.8, 4) is 0 Å². The molecule has 2 rings (SSSR count). The maximum atomic E-state index is 12.5. The fraction of sp³-hybridized carbons (Fsp3) is 0.846. The Kier molecular flexibility index (Phi) is 3.36. The second-order valence-corrected chi connectivity index (χ2v) is 5.91. The van der Waals surface area contributed by atoms with Crippen molar-refractivity contribution in [1.82, 2.24) is 4.90 Å². The van der Waals surface area contributed by atoms with Crippen LogP contribution in [0, 0.1) is 10.8 Å². The van der Waals surface area contributed by atoms with Gasteiger partial charge in [0.1, 0.15) is 0 Å². The number of carbonyl (C=O) groups excluding carboxylic acids is 1. The lowest BCUT2D eigenvalue weighted by Gasteiger charge is -2.42. The molecule has 0 bridgehead atoms. The standard InChI is InChI=1S/C13H21NO4/c1-12(11(16)17)6-7-14(8-12)10(15)13(9-18-2)4-3-5-13/h3-9H2,1-2H3,(H,16,17). The predicted molar refractivity (Wildman–Crippen MR) is 65.1 cm³/mol. The Bertz CT molecular complexity index is 364. The number of methoxy groups -OCH3 is 1. The summed E-state index contributed by atoms with van der Waals surface area (Å²) in [6.07, 6.45) is 3.32. The molecule has 5 heteroatoms. The van der Waals surface area contributed by atoms with Crippen LogP contribution < -0.4 is 0 Å². The van der Waals surface area contributed by atoms with Crippen molar-refractivity contribution in [1.29, 1.82) is 0 Å². The van der Waals surface area contributed by atoms with Crippen molar-refractivity contribution >= 4 is 11.9 Å². The number of carboxylic acid groups (broad SMARTS) is 1. The first kappa shape index (κ1) is 13.3. The quantitative estimate of drug-likeness (QED) is 0.817. The highest BCUT2D eigenvalue weighted by molar-refractivity contribution is 5.85. The third-order valence-corrected chi connectivity index (χ3v) is 4.46. The van der Waals surface area contributed by atoms with E-state index in [2.05, 4.69) is 0 Å². The average Bonchev–Trinajstić information content (AvgIpc) is 2.67. The zero-order chi connectivity index (χ0) is 13.4. The third kappa shape index (κ3) is 2.00. The number of likely N-dealkylation sites (tertiary alicyclic amines) is 1. The molecule has 18 heavy (non-hydrogen) atoms. The molecule has 0 aromatic carbocycles. The van der Waals surface area contributed by atoms with Crippen molar-refractivity contribution in [2.24, 2.45) is 10.8 Å². The van der Waals surface area contributed by atoms with Gasteiger partial charge in [-0.25, -0.2) is 0 Å². The first-order valence-corrected chi connectivity index (χ1v) is 6.45. The summed E-state index contributed by atoms with van der Waals surface area (Å²) in [5, 5.41) is 9.19. The molecule has 1 heterocycles. The molecule has 1 amide bonds. The van der Waals surface area contributed by atoms with Gasteiger partial charge in [-0.2, -0.15) is 0 Å². The number of hydrogen-bond acceptors (Lipinski definition) is 3. The van der Waals surface area contributed by atoms with E-state index in [1.807, 2.05) is 0 Å². The highest BCUT2D eigenvalue weighted by atomic mass is 16.5. The Morgan fingerprint density at radius 3 is 2.39 bits per heavy atom. The number of rotatable bonds is 4. The Hall–Kier alpha value is -1.10. The van der Waals surface area contributed by atoms with Crippen molar-refractivity contribution in [3.63, 3.8) is 0 Å². The summed E-state index contributed by atoms with van der Waals surface area (Å²) in [5.41, 5.74) is -1.16. The smallest absolute Gasteiger partial charge is 0.311 e. The molecule has 1 aliphatic carbocycles. The lowest BCUT2D eigenvalue weighted by molar-refractivity contribution is -0.153. The highest BCUT2D eigenvalue weighted by Crippen LogP contribution is 2.44. The maximum Gasteiger partial charge on any atom is 0.311 e. The fourth-order valence-electron chi connectivity index (χ4n) is 2.94. The summed E-state index contributed by atoms with van der Waals surface area (Å²) in [6.45, 7) is 3.04. The van der Waals surface area contributed by atoms with E-state index < -0.39 is 11.4 Å². The molecule has 2 fully saturated rings. The molecule has 0 aromatic rings. The monoisotopic (exact) mass is 255 g/mol. The topological polar surface area (TPSA) is 66.8 Å². The van der Waals surface area contributed by atoms with Crippen LogP contribution >= 0.6 is 0 Å². The Labute approximate surface area is 107 Å². The van der Waals surface area contributed by atoms with Gasteiger partial charge in [0, 0.05) is 20.2 Å². The SMILES string of the molecule is COCC1(C(=O)N2CCC(C)(C(=O)O)C2)CCC1. The van der Waals surface area contributed by atoms with Gasteiger partial charge < -0.3 is 14.7 Å². The minimum atomic E-state index is -0.813. The van der Waals surface area contributed by atoms with Gasteiger partial charge in [0.2, 0.25) is 5.91 Å². The minimum absolute atomic E-state index is 0.0839. The van der Waals surface area contributed by atoms with Crippen LogP contribution in [0.2, 0.25) is 0 Å². The van der Waals surface area contributed by atoms with E-state index in [0.717, 1.165) is 19.3 Å². The number of nitrogens with zero attached hydrogens (tertiary/aromatic N) is 1. The van der Waals surface area contributed by atoms with Gasteiger partial charge in [-0.15, -0.1) is 0 Å². The van der Waals surface area contributed by atoms with E-state index in [4.69, 9.17) is 4.74 Å². The molecule has 1 atom stereocenters. The molecule has 1 saturated heterocycles. The van der Waals surface area contributed by atoms with Crippen LogP contribution in [0.25, 0.3) is 0 Å². The van der Waals surface area contributed by atoms with E-state index in [9.17, 15) is 14.7 Å². The first-order valence-electron chi connectivity index (χ1n) is 6.45. The van der Waals surface area contributed by atoms with Crippen LogP contribution in [-0.2, 0) is 14.3 Å². The number of carbonyl (C=O) groups is 2. The molecule has 0 radical (unpaired) electrons. The van der Waals surface area contributed by atoms with Gasteiger partial charge in [0.25, 0.3) is 0 Å². The molecule has 2 aliphatic rings. The van der Waals surface area contributed by atoms with Crippen LogP contribution in [0.1, 0.15) is 32.6 Å². The maximum absolute atomic E-state index is 12.5. The van der Waals surface area contributed by atoms with Gasteiger partial charge in [0.15, 0.2) is 0 Å².